The van der Waals surface area contributed by atoms with Crippen molar-refractivity contribution in [3.63, 3.8) is 0 Å². The number of urea groups is 1. The lowest BCUT2D eigenvalue weighted by molar-refractivity contribution is -0.139. The van der Waals surface area contributed by atoms with Gasteiger partial charge in [-0.1, -0.05) is 13.3 Å². The zero-order chi connectivity index (χ0) is 13.5. The molecule has 0 radical (unpaired) electrons. The first-order chi connectivity index (χ1) is 8.54. The van der Waals surface area contributed by atoms with Crippen LogP contribution in [-0.2, 0) is 9.59 Å². The monoisotopic (exact) mass is 257 g/mol. The fourth-order valence-corrected chi connectivity index (χ4v) is 1.81. The highest BCUT2D eigenvalue weighted by molar-refractivity contribution is 5.89. The molecule has 7 heteroatoms. The summed E-state index contributed by atoms with van der Waals surface area (Å²) in [5, 5.41) is 16.4. The maximum Gasteiger partial charge on any atom is 0.326 e. The molecule has 18 heavy (non-hydrogen) atoms. The molecule has 7 nitrogen and oxygen atoms in total. The molecular weight excluding hydrogens is 238 g/mol. The SMILES string of the molecule is CCC[C@H](NC(=O)NC1CCCNC1=O)C(=O)O. The molecule has 0 aromatic heterocycles. The molecular formula is C11H19N3O4. The molecule has 3 amide bonds. The lowest BCUT2D eigenvalue weighted by Gasteiger charge is -2.23. The van der Waals surface area contributed by atoms with Gasteiger partial charge in [0, 0.05) is 6.54 Å². The summed E-state index contributed by atoms with van der Waals surface area (Å²) in [5.41, 5.74) is 0. The minimum Gasteiger partial charge on any atom is -0.480 e. The summed E-state index contributed by atoms with van der Waals surface area (Å²) in [4.78, 5) is 33.8. The van der Waals surface area contributed by atoms with Crippen LogP contribution in [0.15, 0.2) is 0 Å². The van der Waals surface area contributed by atoms with Crippen molar-refractivity contribution >= 4 is 17.9 Å². The minimum absolute atomic E-state index is 0.223. The first kappa shape index (κ1) is 14.3. The molecule has 1 unspecified atom stereocenters. The largest absolute Gasteiger partial charge is 0.480 e. The third-order valence-electron chi connectivity index (χ3n) is 2.77. The Morgan fingerprint density at radius 3 is 2.83 bits per heavy atom. The van der Waals surface area contributed by atoms with Crippen molar-refractivity contribution in [2.75, 3.05) is 6.54 Å². The van der Waals surface area contributed by atoms with E-state index in [4.69, 9.17) is 5.11 Å². The van der Waals surface area contributed by atoms with Crippen LogP contribution in [0, 0.1) is 0 Å². The second-order valence-corrected chi connectivity index (χ2v) is 4.28. The molecule has 0 bridgehead atoms. The number of carboxylic acids is 1. The average Bonchev–Trinajstić information content (AvgIpc) is 2.31. The van der Waals surface area contributed by atoms with Crippen LogP contribution in [0.1, 0.15) is 32.6 Å². The van der Waals surface area contributed by atoms with Crippen LogP contribution in [0.25, 0.3) is 0 Å². The van der Waals surface area contributed by atoms with Crippen molar-refractivity contribution in [1.29, 1.82) is 0 Å². The predicted molar refractivity (Wildman–Crippen MR) is 64.0 cm³/mol. The lowest BCUT2D eigenvalue weighted by atomic mass is 10.1. The summed E-state index contributed by atoms with van der Waals surface area (Å²) in [6, 6.07) is -2.10. The summed E-state index contributed by atoms with van der Waals surface area (Å²) >= 11 is 0. The number of rotatable bonds is 5. The number of carbonyl (C=O) groups excluding carboxylic acids is 2. The smallest absolute Gasteiger partial charge is 0.326 e. The third-order valence-corrected chi connectivity index (χ3v) is 2.77. The summed E-state index contributed by atoms with van der Waals surface area (Å²) in [7, 11) is 0. The average molecular weight is 257 g/mol. The van der Waals surface area contributed by atoms with Crippen LogP contribution < -0.4 is 16.0 Å². The molecule has 1 aliphatic heterocycles. The van der Waals surface area contributed by atoms with Gasteiger partial charge in [-0.25, -0.2) is 9.59 Å². The fourth-order valence-electron chi connectivity index (χ4n) is 1.81. The third kappa shape index (κ3) is 4.23. The highest BCUT2D eigenvalue weighted by Gasteiger charge is 2.25. The topological polar surface area (TPSA) is 108 Å². The van der Waals surface area contributed by atoms with Crippen LogP contribution in [0.2, 0.25) is 0 Å². The predicted octanol–water partition coefficient (Wildman–Crippen LogP) is -0.182. The summed E-state index contributed by atoms with van der Waals surface area (Å²) < 4.78 is 0. The molecule has 0 saturated carbocycles. The Kier molecular flexibility index (Phi) is 5.41. The van der Waals surface area contributed by atoms with Crippen molar-refractivity contribution in [1.82, 2.24) is 16.0 Å². The van der Waals surface area contributed by atoms with Crippen molar-refractivity contribution in [2.45, 2.75) is 44.7 Å². The van der Waals surface area contributed by atoms with E-state index in [1.54, 1.807) is 0 Å². The molecule has 0 aromatic carbocycles. The van der Waals surface area contributed by atoms with Gasteiger partial charge in [0.1, 0.15) is 12.1 Å². The summed E-state index contributed by atoms with van der Waals surface area (Å²) in [6.07, 6.45) is 2.39. The standard InChI is InChI=1S/C11H19N3O4/c1-2-4-8(10(16)17)14-11(18)13-7-5-3-6-12-9(7)15/h7-8H,2-6H2,1H3,(H,12,15)(H,16,17)(H2,13,14,18)/t7?,8-/m0/s1. The summed E-state index contributed by atoms with van der Waals surface area (Å²) in [5.74, 6) is -1.29. The van der Waals surface area contributed by atoms with E-state index >= 15 is 0 Å². The van der Waals surface area contributed by atoms with Crippen molar-refractivity contribution < 1.29 is 19.5 Å². The van der Waals surface area contributed by atoms with Crippen LogP contribution >= 0.6 is 0 Å². The maximum atomic E-state index is 11.6. The molecule has 1 heterocycles. The highest BCUT2D eigenvalue weighted by Crippen LogP contribution is 2.03. The molecule has 1 aliphatic rings. The molecule has 1 saturated heterocycles. The summed E-state index contributed by atoms with van der Waals surface area (Å²) in [6.45, 7) is 2.45. The van der Waals surface area contributed by atoms with Crippen LogP contribution in [0.5, 0.6) is 0 Å². The lowest BCUT2D eigenvalue weighted by Crippen LogP contribution is -2.55. The van der Waals surface area contributed by atoms with E-state index in [1.807, 2.05) is 6.92 Å². The van der Waals surface area contributed by atoms with E-state index in [0.717, 1.165) is 6.42 Å². The number of aliphatic carboxylic acids is 1. The van der Waals surface area contributed by atoms with E-state index in [2.05, 4.69) is 16.0 Å². The molecule has 2 atom stereocenters. The van der Waals surface area contributed by atoms with Gasteiger partial charge in [0.15, 0.2) is 0 Å². The van der Waals surface area contributed by atoms with E-state index in [0.29, 0.717) is 25.8 Å². The van der Waals surface area contributed by atoms with E-state index < -0.39 is 24.1 Å². The van der Waals surface area contributed by atoms with E-state index in [9.17, 15) is 14.4 Å². The molecule has 1 fully saturated rings. The zero-order valence-electron chi connectivity index (χ0n) is 10.4. The number of carboxylic acid groups (broad SMARTS) is 1. The first-order valence-electron chi connectivity index (χ1n) is 6.12. The van der Waals surface area contributed by atoms with Crippen LogP contribution in [0.4, 0.5) is 4.79 Å². The van der Waals surface area contributed by atoms with Gasteiger partial charge in [-0.15, -0.1) is 0 Å². The Bertz CT molecular complexity index is 324. The van der Waals surface area contributed by atoms with Gasteiger partial charge < -0.3 is 21.1 Å². The molecule has 4 N–H and O–H groups in total. The van der Waals surface area contributed by atoms with Gasteiger partial charge in [-0.2, -0.15) is 0 Å². The number of nitrogens with one attached hydrogen (secondary N) is 3. The van der Waals surface area contributed by atoms with Crippen molar-refractivity contribution in [2.24, 2.45) is 0 Å². The number of hydrogen-bond acceptors (Lipinski definition) is 3. The normalized spacial score (nSPS) is 20.7. The second kappa shape index (κ2) is 6.83. The van der Waals surface area contributed by atoms with E-state index in [-0.39, 0.29) is 5.91 Å². The molecule has 0 spiro atoms. The minimum atomic E-state index is -1.07. The molecule has 0 aromatic rings. The molecule has 0 aliphatic carbocycles. The number of hydrogen-bond donors (Lipinski definition) is 4. The van der Waals surface area contributed by atoms with Gasteiger partial charge >= 0.3 is 12.0 Å². The first-order valence-corrected chi connectivity index (χ1v) is 6.12. The Morgan fingerprint density at radius 2 is 2.28 bits per heavy atom. The second-order valence-electron chi connectivity index (χ2n) is 4.28. The van der Waals surface area contributed by atoms with Gasteiger partial charge in [-0.05, 0) is 19.3 Å². The Morgan fingerprint density at radius 1 is 1.56 bits per heavy atom. The number of piperidine rings is 1. The Hall–Kier alpha value is -1.79. The molecule has 102 valence electrons. The number of carbonyl (C=O) groups is 3. The fraction of sp³-hybridized carbons (Fsp3) is 0.727. The zero-order valence-corrected chi connectivity index (χ0v) is 10.4. The van der Waals surface area contributed by atoms with Gasteiger partial charge in [0.2, 0.25) is 5.91 Å². The van der Waals surface area contributed by atoms with Crippen molar-refractivity contribution in [3.05, 3.63) is 0 Å². The quantitative estimate of drug-likeness (QED) is 0.548. The van der Waals surface area contributed by atoms with Crippen LogP contribution in [-0.4, -0.2) is 41.6 Å². The highest BCUT2D eigenvalue weighted by atomic mass is 16.4. The maximum absolute atomic E-state index is 11.6. The van der Waals surface area contributed by atoms with Gasteiger partial charge in [-0.3, -0.25) is 4.79 Å². The van der Waals surface area contributed by atoms with E-state index in [1.165, 1.54) is 0 Å². The number of amides is 3. The Balaban J connectivity index is 2.44. The van der Waals surface area contributed by atoms with Crippen LogP contribution in [0.3, 0.4) is 0 Å². The van der Waals surface area contributed by atoms with Gasteiger partial charge in [0.05, 0.1) is 0 Å². The Labute approximate surface area is 105 Å². The van der Waals surface area contributed by atoms with Gasteiger partial charge in [0.25, 0.3) is 0 Å². The van der Waals surface area contributed by atoms with Crippen molar-refractivity contribution in [3.8, 4) is 0 Å². The molecule has 1 rings (SSSR count).